The number of fused-ring (bicyclic) bond motifs is 1. The van der Waals surface area contributed by atoms with E-state index in [1.165, 1.54) is 0 Å². The van der Waals surface area contributed by atoms with E-state index in [0.29, 0.717) is 17.9 Å². The molecule has 1 aromatic carbocycles. The summed E-state index contributed by atoms with van der Waals surface area (Å²) >= 11 is 0. The van der Waals surface area contributed by atoms with Crippen molar-refractivity contribution in [2.45, 2.75) is 32.8 Å². The van der Waals surface area contributed by atoms with Gasteiger partial charge in [-0.1, -0.05) is 6.92 Å². The molecule has 0 unspecified atom stereocenters. The molecule has 0 radical (unpaired) electrons. The van der Waals surface area contributed by atoms with Crippen LogP contribution in [0.15, 0.2) is 12.1 Å². The molecule has 0 aromatic heterocycles. The lowest BCUT2D eigenvalue weighted by Gasteiger charge is -2.09. The van der Waals surface area contributed by atoms with Gasteiger partial charge in [-0.05, 0) is 25.5 Å². The monoisotopic (exact) mass is 220 g/mol. The third-order valence-corrected chi connectivity index (χ3v) is 2.62. The van der Waals surface area contributed by atoms with Crippen LogP contribution in [0.4, 0.5) is 0 Å². The van der Waals surface area contributed by atoms with Crippen molar-refractivity contribution in [3.05, 3.63) is 23.3 Å². The van der Waals surface area contributed by atoms with Crippen LogP contribution in [0.5, 0.6) is 11.5 Å². The fourth-order valence-electron chi connectivity index (χ4n) is 1.88. The van der Waals surface area contributed by atoms with Crippen molar-refractivity contribution in [1.82, 2.24) is 0 Å². The molecule has 16 heavy (non-hydrogen) atoms. The molecule has 1 aliphatic heterocycles. The third kappa shape index (κ3) is 2.03. The van der Waals surface area contributed by atoms with Crippen molar-refractivity contribution in [2.75, 3.05) is 6.61 Å². The Kier molecular flexibility index (Phi) is 3.13. The van der Waals surface area contributed by atoms with Gasteiger partial charge in [0.05, 0.1) is 12.2 Å². The molecule has 1 atom stereocenters. The minimum Gasteiger partial charge on any atom is -0.493 e. The first-order chi connectivity index (χ1) is 7.74. The van der Waals surface area contributed by atoms with Gasteiger partial charge in [-0.2, -0.15) is 0 Å². The number of rotatable bonds is 4. The fraction of sp³-hybridized carbons (Fsp3) is 0.462. The van der Waals surface area contributed by atoms with Crippen molar-refractivity contribution in [3.8, 4) is 11.5 Å². The van der Waals surface area contributed by atoms with Gasteiger partial charge in [-0.25, -0.2) is 0 Å². The van der Waals surface area contributed by atoms with Crippen molar-refractivity contribution in [2.24, 2.45) is 0 Å². The molecule has 3 heteroatoms. The largest absolute Gasteiger partial charge is 0.493 e. The van der Waals surface area contributed by atoms with Gasteiger partial charge < -0.3 is 9.47 Å². The highest BCUT2D eigenvalue weighted by atomic mass is 16.5. The second-order valence-electron chi connectivity index (χ2n) is 4.10. The molecular formula is C13H16O3. The van der Waals surface area contributed by atoms with Gasteiger partial charge in [0, 0.05) is 12.0 Å². The van der Waals surface area contributed by atoms with Crippen LogP contribution in [0, 0.1) is 0 Å². The smallest absolute Gasteiger partial charge is 0.153 e. The van der Waals surface area contributed by atoms with E-state index >= 15 is 0 Å². The molecule has 0 amide bonds. The zero-order chi connectivity index (χ0) is 11.5. The standard InChI is InChI=1S/C13H16O3/c1-3-4-15-12-6-10-5-9(2)16-13(10)7-11(12)8-14/h6-9H,3-5H2,1-2H3/t9-/m0/s1. The van der Waals surface area contributed by atoms with Gasteiger partial charge in [-0.3, -0.25) is 4.79 Å². The zero-order valence-electron chi connectivity index (χ0n) is 9.66. The first kappa shape index (κ1) is 11.0. The number of hydrogen-bond donors (Lipinski definition) is 0. The summed E-state index contributed by atoms with van der Waals surface area (Å²) in [6.07, 6.45) is 2.83. The van der Waals surface area contributed by atoms with Crippen LogP contribution >= 0.6 is 0 Å². The third-order valence-electron chi connectivity index (χ3n) is 2.62. The molecule has 0 saturated carbocycles. The Labute approximate surface area is 95.4 Å². The Morgan fingerprint density at radius 1 is 1.56 bits per heavy atom. The molecule has 3 nitrogen and oxygen atoms in total. The van der Waals surface area contributed by atoms with E-state index in [0.717, 1.165) is 30.4 Å². The predicted octanol–water partition coefficient (Wildman–Crippen LogP) is 2.61. The lowest BCUT2D eigenvalue weighted by Crippen LogP contribution is -2.05. The second-order valence-corrected chi connectivity index (χ2v) is 4.10. The Morgan fingerprint density at radius 2 is 2.38 bits per heavy atom. The quantitative estimate of drug-likeness (QED) is 0.732. The number of carbonyl (C=O) groups excluding carboxylic acids is 1. The van der Waals surface area contributed by atoms with E-state index in [2.05, 4.69) is 0 Å². The predicted molar refractivity (Wildman–Crippen MR) is 61.4 cm³/mol. The van der Waals surface area contributed by atoms with Crippen molar-refractivity contribution >= 4 is 6.29 Å². The Hall–Kier alpha value is -1.51. The van der Waals surface area contributed by atoms with E-state index in [9.17, 15) is 4.79 Å². The maximum atomic E-state index is 10.9. The SMILES string of the molecule is CCCOc1cc2c(cc1C=O)O[C@@H](C)C2. The average Bonchev–Trinajstić information content (AvgIpc) is 2.63. The van der Waals surface area contributed by atoms with E-state index in [4.69, 9.17) is 9.47 Å². The van der Waals surface area contributed by atoms with Crippen LogP contribution in [0.2, 0.25) is 0 Å². The number of ether oxygens (including phenoxy) is 2. The van der Waals surface area contributed by atoms with Crippen molar-refractivity contribution in [1.29, 1.82) is 0 Å². The summed E-state index contributed by atoms with van der Waals surface area (Å²) in [6.45, 7) is 4.70. The average molecular weight is 220 g/mol. The first-order valence-corrected chi connectivity index (χ1v) is 5.66. The highest BCUT2D eigenvalue weighted by Gasteiger charge is 2.21. The summed E-state index contributed by atoms with van der Waals surface area (Å²) in [5.74, 6) is 1.49. The molecular weight excluding hydrogens is 204 g/mol. The van der Waals surface area contributed by atoms with E-state index in [1.54, 1.807) is 6.07 Å². The molecule has 1 heterocycles. The highest BCUT2D eigenvalue weighted by molar-refractivity contribution is 5.81. The van der Waals surface area contributed by atoms with E-state index in [-0.39, 0.29) is 6.10 Å². The van der Waals surface area contributed by atoms with E-state index < -0.39 is 0 Å². The first-order valence-electron chi connectivity index (χ1n) is 5.66. The number of carbonyl (C=O) groups is 1. The Morgan fingerprint density at radius 3 is 3.06 bits per heavy atom. The minimum atomic E-state index is 0.191. The highest BCUT2D eigenvalue weighted by Crippen LogP contribution is 2.34. The lowest BCUT2D eigenvalue weighted by molar-refractivity contribution is 0.111. The summed E-state index contributed by atoms with van der Waals surface area (Å²) in [5.41, 5.74) is 1.70. The molecule has 0 fully saturated rings. The molecule has 0 N–H and O–H groups in total. The molecule has 0 saturated heterocycles. The summed E-state index contributed by atoms with van der Waals surface area (Å²) < 4.78 is 11.1. The van der Waals surface area contributed by atoms with Crippen LogP contribution in [-0.2, 0) is 6.42 Å². The topological polar surface area (TPSA) is 35.5 Å². The zero-order valence-corrected chi connectivity index (χ0v) is 9.66. The second kappa shape index (κ2) is 4.56. The fourth-order valence-corrected chi connectivity index (χ4v) is 1.88. The van der Waals surface area contributed by atoms with Gasteiger partial charge in [-0.15, -0.1) is 0 Å². The van der Waals surface area contributed by atoms with Crippen LogP contribution in [-0.4, -0.2) is 19.0 Å². The van der Waals surface area contributed by atoms with Crippen molar-refractivity contribution < 1.29 is 14.3 Å². The van der Waals surface area contributed by atoms with Gasteiger partial charge in [0.15, 0.2) is 6.29 Å². The minimum absolute atomic E-state index is 0.191. The van der Waals surface area contributed by atoms with Gasteiger partial charge in [0.1, 0.15) is 17.6 Å². The van der Waals surface area contributed by atoms with Crippen LogP contribution in [0.1, 0.15) is 36.2 Å². The molecule has 1 aliphatic rings. The molecule has 0 aliphatic carbocycles. The Balaban J connectivity index is 2.31. The number of benzene rings is 1. The van der Waals surface area contributed by atoms with E-state index in [1.807, 2.05) is 19.9 Å². The number of hydrogen-bond acceptors (Lipinski definition) is 3. The molecule has 0 bridgehead atoms. The number of aldehydes is 1. The Bertz CT molecular complexity index is 398. The van der Waals surface area contributed by atoms with Gasteiger partial charge in [0.2, 0.25) is 0 Å². The van der Waals surface area contributed by atoms with Gasteiger partial charge in [0.25, 0.3) is 0 Å². The summed E-state index contributed by atoms with van der Waals surface area (Å²) in [4.78, 5) is 10.9. The van der Waals surface area contributed by atoms with Crippen LogP contribution in [0.3, 0.4) is 0 Å². The van der Waals surface area contributed by atoms with Crippen molar-refractivity contribution in [3.63, 3.8) is 0 Å². The van der Waals surface area contributed by atoms with Crippen LogP contribution in [0.25, 0.3) is 0 Å². The maximum Gasteiger partial charge on any atom is 0.153 e. The maximum absolute atomic E-state index is 10.9. The lowest BCUT2D eigenvalue weighted by atomic mass is 10.1. The molecule has 86 valence electrons. The molecule has 1 aromatic rings. The normalized spacial score (nSPS) is 17.8. The summed E-state index contributed by atoms with van der Waals surface area (Å²) in [6, 6.07) is 3.70. The summed E-state index contributed by atoms with van der Waals surface area (Å²) in [7, 11) is 0. The van der Waals surface area contributed by atoms with Crippen LogP contribution < -0.4 is 9.47 Å². The molecule has 0 spiro atoms. The molecule has 2 rings (SSSR count). The van der Waals surface area contributed by atoms with Gasteiger partial charge >= 0.3 is 0 Å². The summed E-state index contributed by atoms with van der Waals surface area (Å²) in [5, 5.41) is 0.